The lowest BCUT2D eigenvalue weighted by Gasteiger charge is -2.57. The Hall–Kier alpha value is -3.69. The summed E-state index contributed by atoms with van der Waals surface area (Å²) in [7, 11) is 0. The van der Waals surface area contributed by atoms with Crippen LogP contribution in [0, 0.1) is 5.41 Å². The van der Waals surface area contributed by atoms with E-state index in [1.807, 2.05) is 18.2 Å². The van der Waals surface area contributed by atoms with Crippen LogP contribution in [0.2, 0.25) is 0 Å². The van der Waals surface area contributed by atoms with Gasteiger partial charge in [0.2, 0.25) is 0 Å². The molecule has 3 heterocycles. The molecule has 4 aromatic rings. The van der Waals surface area contributed by atoms with Gasteiger partial charge in [0, 0.05) is 23.5 Å². The van der Waals surface area contributed by atoms with E-state index in [1.165, 1.54) is 16.7 Å². The SMILES string of the molecule is O=C(NC1CC2(C1)CC(c1n[nH]c(=O)c3ccccc13)C2)c1cnc2ccc(C(F)(F)F)cn12. The summed E-state index contributed by atoms with van der Waals surface area (Å²) >= 11 is 0. The topological polar surface area (TPSA) is 92.1 Å². The van der Waals surface area contributed by atoms with Gasteiger partial charge in [-0.25, -0.2) is 10.1 Å². The van der Waals surface area contributed by atoms with Crippen molar-refractivity contribution in [3.8, 4) is 0 Å². The number of fused-ring (bicyclic) bond motifs is 2. The van der Waals surface area contributed by atoms with Gasteiger partial charge in [-0.15, -0.1) is 0 Å². The predicted octanol–water partition coefficient (Wildman–Crippen LogP) is 4.05. The third kappa shape index (κ3) is 3.27. The molecule has 7 nitrogen and oxygen atoms in total. The van der Waals surface area contributed by atoms with Gasteiger partial charge in [-0.3, -0.25) is 14.0 Å². The van der Waals surface area contributed by atoms with Crippen LogP contribution < -0.4 is 10.9 Å². The van der Waals surface area contributed by atoms with E-state index in [0.717, 1.165) is 49.0 Å². The third-order valence-electron chi connectivity index (χ3n) is 7.23. The molecule has 0 aliphatic heterocycles. The van der Waals surface area contributed by atoms with E-state index < -0.39 is 17.6 Å². The van der Waals surface area contributed by atoms with Crippen molar-refractivity contribution >= 4 is 22.3 Å². The molecule has 0 unspecified atom stereocenters. The number of rotatable bonds is 3. The number of aromatic amines is 1. The van der Waals surface area contributed by atoms with Gasteiger partial charge in [0.25, 0.3) is 11.5 Å². The summed E-state index contributed by atoms with van der Waals surface area (Å²) in [4.78, 5) is 28.8. The highest BCUT2D eigenvalue weighted by molar-refractivity contribution is 5.93. The van der Waals surface area contributed by atoms with Gasteiger partial charge < -0.3 is 5.32 Å². The average Bonchev–Trinajstić information content (AvgIpc) is 3.18. The van der Waals surface area contributed by atoms with Gasteiger partial charge in [0.1, 0.15) is 11.3 Å². The second kappa shape index (κ2) is 7.15. The quantitative estimate of drug-likeness (QED) is 0.476. The molecule has 2 aliphatic carbocycles. The number of carbonyl (C=O) groups is 1. The molecule has 34 heavy (non-hydrogen) atoms. The Labute approximate surface area is 191 Å². The number of imidazole rings is 1. The van der Waals surface area contributed by atoms with Crippen LogP contribution in [-0.2, 0) is 6.18 Å². The van der Waals surface area contributed by atoms with Crippen LogP contribution in [0.3, 0.4) is 0 Å². The number of halogens is 3. The maximum atomic E-state index is 13.1. The lowest BCUT2D eigenvalue weighted by molar-refractivity contribution is -0.137. The lowest BCUT2D eigenvalue weighted by Crippen LogP contribution is -2.55. The van der Waals surface area contributed by atoms with E-state index in [-0.39, 0.29) is 34.3 Å². The molecule has 3 aromatic heterocycles. The smallest absolute Gasteiger partial charge is 0.348 e. The molecule has 2 fully saturated rings. The van der Waals surface area contributed by atoms with Crippen LogP contribution in [0.1, 0.15) is 53.3 Å². The van der Waals surface area contributed by atoms with E-state index in [4.69, 9.17) is 0 Å². The number of pyridine rings is 1. The summed E-state index contributed by atoms with van der Waals surface area (Å²) in [6.07, 6.45) is 1.16. The number of nitrogens with zero attached hydrogens (tertiary/aromatic N) is 3. The Kier molecular flexibility index (Phi) is 4.39. The minimum atomic E-state index is -4.50. The number of nitrogens with one attached hydrogen (secondary N) is 2. The number of H-pyrrole nitrogens is 1. The van der Waals surface area contributed by atoms with E-state index in [9.17, 15) is 22.8 Å². The summed E-state index contributed by atoms with van der Waals surface area (Å²) in [5.41, 5.74) is 0.362. The summed E-state index contributed by atoms with van der Waals surface area (Å²) in [5.74, 6) is -0.186. The molecule has 2 saturated carbocycles. The summed E-state index contributed by atoms with van der Waals surface area (Å²) in [6.45, 7) is 0. The van der Waals surface area contributed by atoms with Gasteiger partial charge in [-0.2, -0.15) is 18.3 Å². The van der Waals surface area contributed by atoms with Crippen molar-refractivity contribution in [3.05, 3.63) is 76.1 Å². The van der Waals surface area contributed by atoms with Gasteiger partial charge in [-0.05, 0) is 49.3 Å². The van der Waals surface area contributed by atoms with E-state index in [1.54, 1.807) is 6.07 Å². The number of aromatic nitrogens is 4. The van der Waals surface area contributed by atoms with Crippen LogP contribution >= 0.6 is 0 Å². The Balaban J connectivity index is 1.12. The molecule has 10 heteroatoms. The van der Waals surface area contributed by atoms with E-state index in [0.29, 0.717) is 5.39 Å². The highest BCUT2D eigenvalue weighted by atomic mass is 19.4. The largest absolute Gasteiger partial charge is 0.417 e. The molecule has 0 bridgehead atoms. The minimum absolute atomic E-state index is 0.0370. The normalized spacial score (nSPS) is 24.2. The van der Waals surface area contributed by atoms with Crippen LogP contribution in [0.15, 0.2) is 53.6 Å². The Morgan fingerprint density at radius 2 is 1.82 bits per heavy atom. The van der Waals surface area contributed by atoms with Crippen LogP contribution in [0.4, 0.5) is 13.2 Å². The molecular formula is C24H20F3N5O2. The van der Waals surface area contributed by atoms with Crippen molar-refractivity contribution in [2.24, 2.45) is 5.41 Å². The second-order valence-electron chi connectivity index (χ2n) is 9.45. The van der Waals surface area contributed by atoms with Gasteiger partial charge in [0.05, 0.1) is 22.8 Å². The number of alkyl halides is 3. The Morgan fingerprint density at radius 1 is 1.09 bits per heavy atom. The summed E-state index contributed by atoms with van der Waals surface area (Å²) in [6, 6.07) is 9.60. The molecular weight excluding hydrogens is 447 g/mol. The highest BCUT2D eigenvalue weighted by Crippen LogP contribution is 2.62. The molecule has 2 aliphatic rings. The summed E-state index contributed by atoms with van der Waals surface area (Å²) < 4.78 is 40.4. The molecule has 1 amide bonds. The van der Waals surface area contributed by atoms with Gasteiger partial charge in [0.15, 0.2) is 0 Å². The van der Waals surface area contributed by atoms with Crippen molar-refractivity contribution in [1.29, 1.82) is 0 Å². The van der Waals surface area contributed by atoms with Crippen LogP contribution in [0.25, 0.3) is 16.4 Å². The fourth-order valence-electron chi connectivity index (χ4n) is 5.62. The lowest BCUT2D eigenvalue weighted by atomic mass is 9.49. The number of amides is 1. The minimum Gasteiger partial charge on any atom is -0.348 e. The molecule has 0 saturated heterocycles. The highest BCUT2D eigenvalue weighted by Gasteiger charge is 2.54. The van der Waals surface area contributed by atoms with E-state index in [2.05, 4.69) is 20.5 Å². The standard InChI is InChI=1S/C24H20F3N5O2/c25-24(26,27)14-5-6-19-28-11-18(32(19)12-14)22(34)29-15-9-23(10-15)7-13(8-23)20-16-3-1-2-4-17(16)21(33)31-30-20/h1-6,11-13,15H,7-10H2,(H,29,34)(H,31,33). The molecule has 6 rings (SSSR count). The first-order chi connectivity index (χ1) is 16.2. The molecule has 2 N–H and O–H groups in total. The number of carbonyl (C=O) groups excluding carboxylic acids is 1. The predicted molar refractivity (Wildman–Crippen MR) is 117 cm³/mol. The first-order valence-corrected chi connectivity index (χ1v) is 11.0. The zero-order valence-electron chi connectivity index (χ0n) is 17.9. The Bertz CT molecular complexity index is 1490. The zero-order chi connectivity index (χ0) is 23.7. The van der Waals surface area contributed by atoms with Crippen molar-refractivity contribution in [3.63, 3.8) is 0 Å². The molecule has 1 spiro atoms. The van der Waals surface area contributed by atoms with Crippen LogP contribution in [-0.4, -0.2) is 31.5 Å². The molecule has 0 atom stereocenters. The van der Waals surface area contributed by atoms with Gasteiger partial charge in [-0.1, -0.05) is 18.2 Å². The van der Waals surface area contributed by atoms with Crippen molar-refractivity contribution < 1.29 is 18.0 Å². The van der Waals surface area contributed by atoms with Gasteiger partial charge >= 0.3 is 6.18 Å². The number of hydrogen-bond donors (Lipinski definition) is 2. The molecule has 174 valence electrons. The maximum Gasteiger partial charge on any atom is 0.417 e. The first kappa shape index (κ1) is 20.9. The Morgan fingerprint density at radius 3 is 2.56 bits per heavy atom. The first-order valence-electron chi connectivity index (χ1n) is 11.0. The second-order valence-corrected chi connectivity index (χ2v) is 9.45. The molecule has 1 aromatic carbocycles. The van der Waals surface area contributed by atoms with Crippen molar-refractivity contribution in [2.75, 3.05) is 0 Å². The third-order valence-corrected chi connectivity index (χ3v) is 7.23. The maximum absolute atomic E-state index is 13.1. The molecule has 0 radical (unpaired) electrons. The monoisotopic (exact) mass is 467 g/mol. The fourth-order valence-corrected chi connectivity index (χ4v) is 5.62. The number of hydrogen-bond acceptors (Lipinski definition) is 4. The van der Waals surface area contributed by atoms with Crippen molar-refractivity contribution in [1.82, 2.24) is 24.9 Å². The van der Waals surface area contributed by atoms with Crippen LogP contribution in [0.5, 0.6) is 0 Å². The van der Waals surface area contributed by atoms with E-state index >= 15 is 0 Å². The average molecular weight is 467 g/mol. The summed E-state index contributed by atoms with van der Waals surface area (Å²) in [5, 5.41) is 11.4. The zero-order valence-corrected chi connectivity index (χ0v) is 17.9. The van der Waals surface area contributed by atoms with Crippen molar-refractivity contribution in [2.45, 2.75) is 43.8 Å². The fraction of sp³-hybridized carbons (Fsp3) is 0.333. The number of benzene rings is 1.